The van der Waals surface area contributed by atoms with Crippen LogP contribution in [-0.2, 0) is 10.3 Å². The number of carbonyl (C=O) groups is 1. The summed E-state index contributed by atoms with van der Waals surface area (Å²) < 4.78 is 19.1. The lowest BCUT2D eigenvalue weighted by Crippen LogP contribution is -2.54. The lowest BCUT2D eigenvalue weighted by molar-refractivity contribution is -0.0357. The predicted octanol–water partition coefficient (Wildman–Crippen LogP) is 5.33. The third-order valence-corrected chi connectivity index (χ3v) is 7.02. The molecule has 5 heteroatoms. The zero-order valence-corrected chi connectivity index (χ0v) is 17.9. The summed E-state index contributed by atoms with van der Waals surface area (Å²) in [6, 6.07) is 14.7. The summed E-state index contributed by atoms with van der Waals surface area (Å²) in [4.78, 5) is 15.2. The van der Waals surface area contributed by atoms with E-state index in [0.29, 0.717) is 5.92 Å². The second kappa shape index (κ2) is 8.76. The number of ether oxygens (including phenoxy) is 1. The number of alkyl carbamates (subject to hydrolysis) is 1. The van der Waals surface area contributed by atoms with Crippen molar-refractivity contribution in [2.24, 2.45) is 5.92 Å². The first-order chi connectivity index (χ1) is 14.5. The van der Waals surface area contributed by atoms with E-state index in [1.54, 1.807) is 12.1 Å². The monoisotopic (exact) mass is 410 g/mol. The first kappa shape index (κ1) is 20.9. The highest BCUT2D eigenvalue weighted by atomic mass is 19.1. The third-order valence-electron chi connectivity index (χ3n) is 7.02. The second-order valence-corrected chi connectivity index (χ2v) is 8.58. The molecule has 0 saturated carbocycles. The molecule has 2 bridgehead atoms. The molecular formula is C25H31FN2O2. The average molecular weight is 411 g/mol. The van der Waals surface area contributed by atoms with E-state index in [4.69, 9.17) is 4.74 Å². The van der Waals surface area contributed by atoms with E-state index in [2.05, 4.69) is 36.2 Å². The van der Waals surface area contributed by atoms with Gasteiger partial charge in [-0.15, -0.1) is 0 Å². The van der Waals surface area contributed by atoms with Crippen LogP contribution in [0, 0.1) is 11.7 Å². The van der Waals surface area contributed by atoms with E-state index in [9.17, 15) is 9.18 Å². The number of hydrogen-bond donors (Lipinski definition) is 1. The molecule has 3 heterocycles. The smallest absolute Gasteiger partial charge is 0.408 e. The zero-order chi connectivity index (χ0) is 21.1. The van der Waals surface area contributed by atoms with Gasteiger partial charge < -0.3 is 10.1 Å². The Morgan fingerprint density at radius 1 is 1.03 bits per heavy atom. The lowest BCUT2D eigenvalue weighted by Gasteiger charge is -2.44. The molecule has 5 rings (SSSR count). The van der Waals surface area contributed by atoms with E-state index < -0.39 is 5.54 Å². The minimum absolute atomic E-state index is 0.000218. The van der Waals surface area contributed by atoms with Crippen LogP contribution in [0.2, 0.25) is 0 Å². The highest BCUT2D eigenvalue weighted by molar-refractivity contribution is 5.69. The summed E-state index contributed by atoms with van der Waals surface area (Å²) in [5, 5.41) is 3.19. The average Bonchev–Trinajstić information content (AvgIpc) is 2.79. The van der Waals surface area contributed by atoms with Crippen LogP contribution < -0.4 is 5.32 Å². The van der Waals surface area contributed by atoms with E-state index in [0.717, 1.165) is 62.0 Å². The number of piperidine rings is 3. The number of nitrogens with zero attached hydrogens (tertiary/aromatic N) is 1. The van der Waals surface area contributed by atoms with Crippen LogP contribution in [0.4, 0.5) is 9.18 Å². The highest BCUT2D eigenvalue weighted by Crippen LogP contribution is 2.33. The molecule has 0 spiro atoms. The molecule has 1 atom stereocenters. The SMILES string of the molecule is CCC(CC)(NC(=O)OC1CN2CCC1CC2)c1ccc(-c2ccc(F)cc2)cc1. The predicted molar refractivity (Wildman–Crippen MR) is 117 cm³/mol. The normalized spacial score (nSPS) is 23.2. The Labute approximate surface area is 178 Å². The number of nitrogens with one attached hydrogen (secondary N) is 1. The van der Waals surface area contributed by atoms with Crippen molar-refractivity contribution in [1.29, 1.82) is 0 Å². The van der Waals surface area contributed by atoms with Crippen molar-refractivity contribution in [3.63, 3.8) is 0 Å². The molecule has 160 valence electrons. The van der Waals surface area contributed by atoms with Gasteiger partial charge in [0.1, 0.15) is 11.9 Å². The molecule has 1 amide bonds. The molecule has 1 N–H and O–H groups in total. The van der Waals surface area contributed by atoms with Crippen LogP contribution in [-0.4, -0.2) is 36.7 Å². The van der Waals surface area contributed by atoms with Gasteiger partial charge in [-0.3, -0.25) is 4.90 Å². The molecule has 2 aromatic carbocycles. The van der Waals surface area contributed by atoms with Crippen molar-refractivity contribution in [2.75, 3.05) is 19.6 Å². The molecule has 3 aliphatic heterocycles. The molecule has 0 radical (unpaired) electrons. The maximum atomic E-state index is 13.2. The summed E-state index contributed by atoms with van der Waals surface area (Å²) in [6.45, 7) is 7.29. The Balaban J connectivity index is 1.47. The minimum Gasteiger partial charge on any atom is -0.445 e. The Morgan fingerprint density at radius 3 is 2.10 bits per heavy atom. The quantitative estimate of drug-likeness (QED) is 0.700. The number of amides is 1. The number of fused-ring (bicyclic) bond motifs is 3. The number of benzene rings is 2. The molecule has 30 heavy (non-hydrogen) atoms. The zero-order valence-electron chi connectivity index (χ0n) is 17.9. The van der Waals surface area contributed by atoms with Gasteiger partial charge in [-0.05, 0) is 73.5 Å². The fraction of sp³-hybridized carbons (Fsp3) is 0.480. The van der Waals surface area contributed by atoms with Gasteiger partial charge in [0.15, 0.2) is 0 Å². The molecule has 4 nitrogen and oxygen atoms in total. The summed E-state index contributed by atoms with van der Waals surface area (Å²) >= 11 is 0. The first-order valence-electron chi connectivity index (χ1n) is 11.1. The van der Waals surface area contributed by atoms with Crippen LogP contribution in [0.5, 0.6) is 0 Å². The number of hydrogen-bond acceptors (Lipinski definition) is 3. The van der Waals surface area contributed by atoms with Crippen molar-refractivity contribution in [3.8, 4) is 11.1 Å². The number of halogens is 1. The topological polar surface area (TPSA) is 41.6 Å². The van der Waals surface area contributed by atoms with Gasteiger partial charge in [0.25, 0.3) is 0 Å². The van der Waals surface area contributed by atoms with Gasteiger partial charge in [-0.1, -0.05) is 50.2 Å². The van der Waals surface area contributed by atoms with E-state index >= 15 is 0 Å². The van der Waals surface area contributed by atoms with Crippen LogP contribution in [0.25, 0.3) is 11.1 Å². The molecule has 2 aromatic rings. The molecule has 0 aromatic heterocycles. The molecular weight excluding hydrogens is 379 g/mol. The summed E-state index contributed by atoms with van der Waals surface area (Å²) in [6.07, 6.45) is 3.47. The van der Waals surface area contributed by atoms with Crippen LogP contribution in [0.3, 0.4) is 0 Å². The first-order valence-corrected chi connectivity index (χ1v) is 11.1. The summed E-state index contributed by atoms with van der Waals surface area (Å²) in [5.41, 5.74) is 2.59. The van der Waals surface area contributed by atoms with Crippen molar-refractivity contribution in [1.82, 2.24) is 10.2 Å². The maximum absolute atomic E-state index is 13.2. The number of rotatable bonds is 6. The van der Waals surface area contributed by atoms with Crippen molar-refractivity contribution < 1.29 is 13.9 Å². The second-order valence-electron chi connectivity index (χ2n) is 8.58. The van der Waals surface area contributed by atoms with Gasteiger partial charge in [-0.25, -0.2) is 9.18 Å². The van der Waals surface area contributed by atoms with Crippen LogP contribution in [0.1, 0.15) is 45.1 Å². The Hall–Kier alpha value is -2.40. The minimum atomic E-state index is -0.466. The van der Waals surface area contributed by atoms with Crippen molar-refractivity contribution in [2.45, 2.75) is 51.2 Å². The Kier molecular flexibility index (Phi) is 6.09. The number of carbonyl (C=O) groups excluding carboxylic acids is 1. The van der Waals surface area contributed by atoms with Gasteiger partial charge in [0.05, 0.1) is 5.54 Å². The fourth-order valence-corrected chi connectivity index (χ4v) is 4.94. The largest absolute Gasteiger partial charge is 0.445 e. The van der Waals surface area contributed by atoms with Crippen LogP contribution >= 0.6 is 0 Å². The van der Waals surface area contributed by atoms with Crippen molar-refractivity contribution in [3.05, 3.63) is 59.9 Å². The summed E-state index contributed by atoms with van der Waals surface area (Å²) in [5.74, 6) is 0.255. The fourth-order valence-electron chi connectivity index (χ4n) is 4.94. The molecule has 1 unspecified atom stereocenters. The highest BCUT2D eigenvalue weighted by Gasteiger charge is 2.38. The van der Waals surface area contributed by atoms with Gasteiger partial charge in [0.2, 0.25) is 0 Å². The molecule has 3 saturated heterocycles. The molecule has 3 fully saturated rings. The lowest BCUT2D eigenvalue weighted by atomic mass is 9.84. The van der Waals surface area contributed by atoms with E-state index in [1.165, 1.54) is 12.1 Å². The summed E-state index contributed by atoms with van der Waals surface area (Å²) in [7, 11) is 0. The molecule has 3 aliphatic rings. The standard InChI is InChI=1S/C25H31FN2O2/c1-3-25(4-2,27-24(29)30-23-17-28-15-13-20(23)14-16-28)21-9-5-18(6-10-21)19-7-11-22(26)12-8-19/h5-12,20,23H,3-4,13-17H2,1-2H3,(H,27,29). The third kappa shape index (κ3) is 4.22. The van der Waals surface area contributed by atoms with Crippen LogP contribution in [0.15, 0.2) is 48.5 Å². The van der Waals surface area contributed by atoms with Gasteiger partial charge >= 0.3 is 6.09 Å². The maximum Gasteiger partial charge on any atom is 0.408 e. The van der Waals surface area contributed by atoms with Gasteiger partial charge in [-0.2, -0.15) is 0 Å². The van der Waals surface area contributed by atoms with E-state index in [-0.39, 0.29) is 18.0 Å². The Bertz CT molecular complexity index is 854. The molecule has 0 aliphatic carbocycles. The van der Waals surface area contributed by atoms with Crippen molar-refractivity contribution >= 4 is 6.09 Å². The Morgan fingerprint density at radius 2 is 1.60 bits per heavy atom. The van der Waals surface area contributed by atoms with Gasteiger partial charge in [0, 0.05) is 6.54 Å². The van der Waals surface area contributed by atoms with E-state index in [1.807, 2.05) is 12.1 Å².